The van der Waals surface area contributed by atoms with Crippen LogP contribution < -0.4 is 5.32 Å². The predicted octanol–water partition coefficient (Wildman–Crippen LogP) is 0.418. The van der Waals surface area contributed by atoms with Gasteiger partial charge in [0.15, 0.2) is 0 Å². The Morgan fingerprint density at radius 2 is 1.80 bits per heavy atom. The minimum absolute atomic E-state index is 0.249. The van der Waals surface area contributed by atoms with Crippen molar-refractivity contribution in [1.82, 2.24) is 5.32 Å². The van der Waals surface area contributed by atoms with Crippen LogP contribution in [-0.2, 0) is 14.2 Å². The van der Waals surface area contributed by atoms with Crippen LogP contribution in [0.2, 0.25) is 0 Å². The summed E-state index contributed by atoms with van der Waals surface area (Å²) < 4.78 is 16.2. The zero-order valence-corrected chi connectivity index (χ0v) is 9.24. The third kappa shape index (κ3) is 4.07. The number of ether oxygens (including phenoxy) is 3. The number of nitrogens with one attached hydrogen (secondary N) is 1. The molecule has 0 bridgehead atoms. The lowest BCUT2D eigenvalue weighted by Gasteiger charge is -2.26. The maximum Gasteiger partial charge on any atom is 0.0933 e. The van der Waals surface area contributed by atoms with Crippen molar-refractivity contribution in [2.24, 2.45) is 5.92 Å². The van der Waals surface area contributed by atoms with Crippen LogP contribution in [0.15, 0.2) is 0 Å². The van der Waals surface area contributed by atoms with E-state index < -0.39 is 0 Å². The van der Waals surface area contributed by atoms with E-state index >= 15 is 0 Å². The third-order valence-corrected chi connectivity index (χ3v) is 3.03. The highest BCUT2D eigenvalue weighted by molar-refractivity contribution is 4.69. The Balaban J connectivity index is 1.53. The van der Waals surface area contributed by atoms with Crippen LogP contribution >= 0.6 is 0 Å². The molecule has 0 aromatic heterocycles. The molecular formula is C11H21NO3. The normalized spacial score (nSPS) is 29.2. The van der Waals surface area contributed by atoms with Gasteiger partial charge in [-0.3, -0.25) is 0 Å². The Labute approximate surface area is 91.3 Å². The van der Waals surface area contributed by atoms with Crippen LogP contribution in [0.25, 0.3) is 0 Å². The first-order valence-corrected chi connectivity index (χ1v) is 5.93. The van der Waals surface area contributed by atoms with Gasteiger partial charge in [0, 0.05) is 19.8 Å². The Kier molecular flexibility index (Phi) is 4.86. The monoisotopic (exact) mass is 215 g/mol. The summed E-state index contributed by atoms with van der Waals surface area (Å²) in [6.45, 7) is 6.08. The van der Waals surface area contributed by atoms with E-state index in [0.717, 1.165) is 52.0 Å². The van der Waals surface area contributed by atoms with Gasteiger partial charge in [-0.15, -0.1) is 0 Å². The summed E-state index contributed by atoms with van der Waals surface area (Å²) in [6.07, 6.45) is 2.63. The zero-order valence-electron chi connectivity index (χ0n) is 9.24. The smallest absolute Gasteiger partial charge is 0.0933 e. The van der Waals surface area contributed by atoms with Gasteiger partial charge in [-0.25, -0.2) is 0 Å². The molecule has 0 aromatic carbocycles. The highest BCUT2D eigenvalue weighted by atomic mass is 16.6. The van der Waals surface area contributed by atoms with Crippen molar-refractivity contribution < 1.29 is 14.2 Å². The first kappa shape index (κ1) is 11.3. The van der Waals surface area contributed by atoms with Gasteiger partial charge in [0.1, 0.15) is 0 Å². The Morgan fingerprint density at radius 1 is 0.933 bits per heavy atom. The Hall–Kier alpha value is -0.160. The second-order valence-electron chi connectivity index (χ2n) is 4.28. The molecule has 2 saturated heterocycles. The maximum absolute atomic E-state index is 5.56. The molecule has 1 atom stereocenters. The van der Waals surface area contributed by atoms with E-state index in [1.54, 1.807) is 0 Å². The van der Waals surface area contributed by atoms with Crippen molar-refractivity contribution in [3.63, 3.8) is 0 Å². The summed E-state index contributed by atoms with van der Waals surface area (Å²) in [5.41, 5.74) is 0. The molecule has 88 valence electrons. The second-order valence-corrected chi connectivity index (χ2v) is 4.28. The predicted molar refractivity (Wildman–Crippen MR) is 57.0 cm³/mol. The van der Waals surface area contributed by atoms with Gasteiger partial charge < -0.3 is 19.5 Å². The van der Waals surface area contributed by atoms with Gasteiger partial charge in [0.25, 0.3) is 0 Å². The molecule has 0 aliphatic carbocycles. The standard InChI is InChI=1S/C11H21NO3/c1-3-13-4-2-10(1)7-12-8-11-9-14-5-6-15-11/h10-12H,1-9H2. The summed E-state index contributed by atoms with van der Waals surface area (Å²) in [6, 6.07) is 0. The van der Waals surface area contributed by atoms with Crippen molar-refractivity contribution in [2.75, 3.05) is 46.1 Å². The third-order valence-electron chi connectivity index (χ3n) is 3.03. The van der Waals surface area contributed by atoms with Gasteiger partial charge in [0.05, 0.1) is 25.9 Å². The van der Waals surface area contributed by atoms with Crippen molar-refractivity contribution in [3.8, 4) is 0 Å². The van der Waals surface area contributed by atoms with Crippen molar-refractivity contribution in [2.45, 2.75) is 18.9 Å². The summed E-state index contributed by atoms with van der Waals surface area (Å²) in [4.78, 5) is 0. The van der Waals surface area contributed by atoms with Crippen molar-refractivity contribution >= 4 is 0 Å². The lowest BCUT2D eigenvalue weighted by Crippen LogP contribution is -2.39. The molecule has 2 rings (SSSR count). The van der Waals surface area contributed by atoms with E-state index in [9.17, 15) is 0 Å². The molecule has 0 spiro atoms. The average molecular weight is 215 g/mol. The number of hydrogen-bond donors (Lipinski definition) is 1. The summed E-state index contributed by atoms with van der Waals surface area (Å²) >= 11 is 0. The molecule has 4 heteroatoms. The molecule has 2 fully saturated rings. The maximum atomic E-state index is 5.56. The van der Waals surface area contributed by atoms with Crippen LogP contribution in [0, 0.1) is 5.92 Å². The van der Waals surface area contributed by atoms with E-state index in [0.29, 0.717) is 0 Å². The fourth-order valence-electron chi connectivity index (χ4n) is 2.05. The van der Waals surface area contributed by atoms with E-state index in [1.165, 1.54) is 12.8 Å². The summed E-state index contributed by atoms with van der Waals surface area (Å²) in [7, 11) is 0. The fourth-order valence-corrected chi connectivity index (χ4v) is 2.05. The molecule has 2 aliphatic heterocycles. The molecule has 2 heterocycles. The zero-order chi connectivity index (χ0) is 10.3. The Morgan fingerprint density at radius 3 is 2.53 bits per heavy atom. The van der Waals surface area contributed by atoms with Crippen LogP contribution in [0.1, 0.15) is 12.8 Å². The molecule has 0 aromatic rings. The topological polar surface area (TPSA) is 39.7 Å². The number of hydrogen-bond acceptors (Lipinski definition) is 4. The van der Waals surface area contributed by atoms with Crippen LogP contribution in [0.4, 0.5) is 0 Å². The molecule has 4 nitrogen and oxygen atoms in total. The molecule has 0 saturated carbocycles. The minimum Gasteiger partial charge on any atom is -0.381 e. The first-order valence-electron chi connectivity index (χ1n) is 5.93. The van der Waals surface area contributed by atoms with Crippen molar-refractivity contribution in [3.05, 3.63) is 0 Å². The Bertz CT molecular complexity index is 147. The van der Waals surface area contributed by atoms with Crippen LogP contribution in [0.5, 0.6) is 0 Å². The van der Waals surface area contributed by atoms with Gasteiger partial charge in [0.2, 0.25) is 0 Å². The molecule has 1 unspecified atom stereocenters. The quantitative estimate of drug-likeness (QED) is 0.737. The van der Waals surface area contributed by atoms with Gasteiger partial charge in [-0.05, 0) is 25.3 Å². The lowest BCUT2D eigenvalue weighted by atomic mass is 10.0. The fraction of sp³-hybridized carbons (Fsp3) is 1.00. The summed E-state index contributed by atoms with van der Waals surface area (Å²) in [5.74, 6) is 0.781. The van der Waals surface area contributed by atoms with Crippen LogP contribution in [0.3, 0.4) is 0 Å². The van der Waals surface area contributed by atoms with Gasteiger partial charge >= 0.3 is 0 Å². The summed E-state index contributed by atoms with van der Waals surface area (Å²) in [5, 5.41) is 3.46. The SMILES string of the molecule is C1CC(CNCC2COCCO2)CCO1. The highest BCUT2D eigenvalue weighted by Gasteiger charge is 2.16. The molecule has 0 radical (unpaired) electrons. The first-order chi connectivity index (χ1) is 7.45. The van der Waals surface area contributed by atoms with Gasteiger partial charge in [-0.1, -0.05) is 0 Å². The van der Waals surface area contributed by atoms with Crippen LogP contribution in [-0.4, -0.2) is 52.2 Å². The van der Waals surface area contributed by atoms with Crippen molar-refractivity contribution in [1.29, 1.82) is 0 Å². The number of rotatable bonds is 4. The van der Waals surface area contributed by atoms with E-state index in [4.69, 9.17) is 14.2 Å². The average Bonchev–Trinajstić information content (AvgIpc) is 2.32. The lowest BCUT2D eigenvalue weighted by molar-refractivity contribution is -0.0867. The highest BCUT2D eigenvalue weighted by Crippen LogP contribution is 2.13. The molecule has 15 heavy (non-hydrogen) atoms. The van der Waals surface area contributed by atoms with E-state index in [2.05, 4.69) is 5.32 Å². The van der Waals surface area contributed by atoms with E-state index in [1.807, 2.05) is 0 Å². The van der Waals surface area contributed by atoms with Gasteiger partial charge in [-0.2, -0.15) is 0 Å². The molecule has 1 N–H and O–H groups in total. The largest absolute Gasteiger partial charge is 0.381 e. The second kappa shape index (κ2) is 6.43. The van der Waals surface area contributed by atoms with E-state index in [-0.39, 0.29) is 6.10 Å². The molecule has 0 amide bonds. The molecular weight excluding hydrogens is 194 g/mol. The minimum atomic E-state index is 0.249. The molecule has 2 aliphatic rings.